The zero-order valence-corrected chi connectivity index (χ0v) is 10.0. The Labute approximate surface area is 106 Å². The molecular weight excluding hydrogens is 230 g/mol. The van der Waals surface area contributed by atoms with E-state index in [9.17, 15) is 4.79 Å². The Balaban J connectivity index is 1.68. The lowest BCUT2D eigenvalue weighted by Gasteiger charge is -2.18. The SMILES string of the molecule is O=C(/C=C/c1ccc2c(c1)OCCO2)NC1CC1. The van der Waals surface area contributed by atoms with Crippen LogP contribution in [0.1, 0.15) is 18.4 Å². The fourth-order valence-corrected chi connectivity index (χ4v) is 1.81. The minimum absolute atomic E-state index is 0.0348. The Morgan fingerprint density at radius 1 is 1.22 bits per heavy atom. The summed E-state index contributed by atoms with van der Waals surface area (Å²) >= 11 is 0. The topological polar surface area (TPSA) is 47.6 Å². The molecule has 1 aliphatic carbocycles. The number of hydrogen-bond donors (Lipinski definition) is 1. The van der Waals surface area contributed by atoms with E-state index in [0.29, 0.717) is 19.3 Å². The van der Waals surface area contributed by atoms with E-state index in [1.54, 1.807) is 12.2 Å². The second kappa shape index (κ2) is 4.72. The van der Waals surface area contributed by atoms with Gasteiger partial charge in [0.15, 0.2) is 11.5 Å². The quantitative estimate of drug-likeness (QED) is 0.825. The number of amides is 1. The van der Waals surface area contributed by atoms with E-state index < -0.39 is 0 Å². The van der Waals surface area contributed by atoms with Crippen LogP contribution >= 0.6 is 0 Å². The molecule has 0 radical (unpaired) electrons. The first-order chi connectivity index (χ1) is 8.81. The van der Waals surface area contributed by atoms with E-state index in [-0.39, 0.29) is 5.91 Å². The fraction of sp³-hybridized carbons (Fsp3) is 0.357. The van der Waals surface area contributed by atoms with Crippen molar-refractivity contribution < 1.29 is 14.3 Å². The summed E-state index contributed by atoms with van der Waals surface area (Å²) in [5, 5.41) is 2.90. The zero-order valence-electron chi connectivity index (χ0n) is 10.0. The van der Waals surface area contributed by atoms with Crippen molar-refractivity contribution in [1.29, 1.82) is 0 Å². The fourth-order valence-electron chi connectivity index (χ4n) is 1.81. The molecule has 4 nitrogen and oxygen atoms in total. The molecule has 4 heteroatoms. The third kappa shape index (κ3) is 2.64. The van der Waals surface area contributed by atoms with Gasteiger partial charge in [0, 0.05) is 12.1 Å². The minimum Gasteiger partial charge on any atom is -0.486 e. The van der Waals surface area contributed by atoms with Gasteiger partial charge in [0.05, 0.1) is 0 Å². The van der Waals surface area contributed by atoms with Crippen molar-refractivity contribution in [2.75, 3.05) is 13.2 Å². The standard InChI is InChI=1S/C14H15NO3/c16-14(15-11-3-4-11)6-2-10-1-5-12-13(9-10)18-8-7-17-12/h1-2,5-6,9,11H,3-4,7-8H2,(H,15,16)/b6-2+. The predicted octanol–water partition coefficient (Wildman–Crippen LogP) is 1.75. The van der Waals surface area contributed by atoms with Gasteiger partial charge in [-0.1, -0.05) is 6.07 Å². The number of ether oxygens (including phenoxy) is 2. The molecule has 1 saturated carbocycles. The highest BCUT2D eigenvalue weighted by atomic mass is 16.6. The predicted molar refractivity (Wildman–Crippen MR) is 67.6 cm³/mol. The van der Waals surface area contributed by atoms with Crippen molar-refractivity contribution in [3.63, 3.8) is 0 Å². The Bertz CT molecular complexity index is 492. The molecule has 1 fully saturated rings. The molecule has 1 amide bonds. The van der Waals surface area contributed by atoms with Crippen molar-refractivity contribution in [1.82, 2.24) is 5.32 Å². The summed E-state index contributed by atoms with van der Waals surface area (Å²) in [7, 11) is 0. The highest BCUT2D eigenvalue weighted by Crippen LogP contribution is 2.31. The van der Waals surface area contributed by atoms with Crippen LogP contribution in [-0.2, 0) is 4.79 Å². The van der Waals surface area contributed by atoms with Crippen molar-refractivity contribution in [3.8, 4) is 11.5 Å². The molecule has 1 aromatic rings. The van der Waals surface area contributed by atoms with E-state index in [1.165, 1.54) is 0 Å². The number of benzene rings is 1. The molecule has 1 heterocycles. The molecule has 0 spiro atoms. The first kappa shape index (κ1) is 11.1. The monoisotopic (exact) mass is 245 g/mol. The number of fused-ring (bicyclic) bond motifs is 1. The maximum Gasteiger partial charge on any atom is 0.244 e. The minimum atomic E-state index is -0.0348. The molecule has 0 aromatic heterocycles. The van der Waals surface area contributed by atoms with Gasteiger partial charge in [-0.15, -0.1) is 0 Å². The summed E-state index contributed by atoms with van der Waals surface area (Å²) in [4.78, 5) is 11.5. The Morgan fingerprint density at radius 2 is 2.00 bits per heavy atom. The molecule has 0 unspecified atom stereocenters. The van der Waals surface area contributed by atoms with Crippen LogP contribution in [0.3, 0.4) is 0 Å². The summed E-state index contributed by atoms with van der Waals surface area (Å²) in [5.41, 5.74) is 0.935. The number of carbonyl (C=O) groups is 1. The van der Waals surface area contributed by atoms with Gasteiger partial charge in [-0.3, -0.25) is 4.79 Å². The lowest BCUT2D eigenvalue weighted by Crippen LogP contribution is -2.22. The van der Waals surface area contributed by atoms with Crippen molar-refractivity contribution in [2.45, 2.75) is 18.9 Å². The van der Waals surface area contributed by atoms with Crippen LogP contribution in [0.5, 0.6) is 11.5 Å². The van der Waals surface area contributed by atoms with Gasteiger partial charge in [-0.25, -0.2) is 0 Å². The van der Waals surface area contributed by atoms with Crippen LogP contribution < -0.4 is 14.8 Å². The number of nitrogens with one attached hydrogen (secondary N) is 1. The lowest BCUT2D eigenvalue weighted by atomic mass is 10.2. The Hall–Kier alpha value is -1.97. The van der Waals surface area contributed by atoms with Gasteiger partial charge in [-0.2, -0.15) is 0 Å². The zero-order chi connectivity index (χ0) is 12.4. The summed E-state index contributed by atoms with van der Waals surface area (Å²) in [5.74, 6) is 1.47. The van der Waals surface area contributed by atoms with Crippen molar-refractivity contribution in [2.24, 2.45) is 0 Å². The molecule has 1 aromatic carbocycles. The van der Waals surface area contributed by atoms with E-state index >= 15 is 0 Å². The van der Waals surface area contributed by atoms with Gasteiger partial charge in [0.2, 0.25) is 5.91 Å². The third-order valence-electron chi connectivity index (χ3n) is 2.92. The van der Waals surface area contributed by atoms with Gasteiger partial charge in [0.25, 0.3) is 0 Å². The molecule has 2 aliphatic rings. The molecule has 1 aliphatic heterocycles. The summed E-state index contributed by atoms with van der Waals surface area (Å²) in [6.45, 7) is 1.16. The van der Waals surface area contributed by atoms with Crippen LogP contribution in [0.4, 0.5) is 0 Å². The molecule has 1 N–H and O–H groups in total. The molecule has 0 atom stereocenters. The van der Waals surface area contributed by atoms with Gasteiger partial charge < -0.3 is 14.8 Å². The van der Waals surface area contributed by atoms with Crippen molar-refractivity contribution >= 4 is 12.0 Å². The number of carbonyl (C=O) groups excluding carboxylic acids is 1. The first-order valence-corrected chi connectivity index (χ1v) is 6.19. The van der Waals surface area contributed by atoms with Gasteiger partial charge in [-0.05, 0) is 36.6 Å². The normalized spacial score (nSPS) is 17.8. The average molecular weight is 245 g/mol. The van der Waals surface area contributed by atoms with E-state index in [1.807, 2.05) is 18.2 Å². The first-order valence-electron chi connectivity index (χ1n) is 6.19. The maximum atomic E-state index is 11.5. The highest BCUT2D eigenvalue weighted by molar-refractivity contribution is 5.92. The maximum absolute atomic E-state index is 11.5. The highest BCUT2D eigenvalue weighted by Gasteiger charge is 2.22. The summed E-state index contributed by atoms with van der Waals surface area (Å²) < 4.78 is 10.9. The molecule has 0 saturated heterocycles. The largest absolute Gasteiger partial charge is 0.486 e. The molecular formula is C14H15NO3. The molecule has 3 rings (SSSR count). The average Bonchev–Trinajstić information content (AvgIpc) is 3.20. The third-order valence-corrected chi connectivity index (χ3v) is 2.92. The summed E-state index contributed by atoms with van der Waals surface area (Å²) in [6, 6.07) is 6.05. The number of hydrogen-bond acceptors (Lipinski definition) is 3. The van der Waals surface area contributed by atoms with Gasteiger partial charge >= 0.3 is 0 Å². The Morgan fingerprint density at radius 3 is 2.78 bits per heavy atom. The lowest BCUT2D eigenvalue weighted by molar-refractivity contribution is -0.116. The van der Waals surface area contributed by atoms with Crippen LogP contribution in [0, 0.1) is 0 Å². The summed E-state index contributed by atoms with van der Waals surface area (Å²) in [6.07, 6.45) is 5.55. The van der Waals surface area contributed by atoms with Crippen LogP contribution in [0.15, 0.2) is 24.3 Å². The second-order valence-corrected chi connectivity index (χ2v) is 4.52. The number of rotatable bonds is 3. The van der Waals surface area contributed by atoms with E-state index in [4.69, 9.17) is 9.47 Å². The van der Waals surface area contributed by atoms with Crippen LogP contribution in [0.25, 0.3) is 6.08 Å². The molecule has 18 heavy (non-hydrogen) atoms. The Kier molecular flexibility index (Phi) is 2.92. The van der Waals surface area contributed by atoms with E-state index in [0.717, 1.165) is 29.9 Å². The second-order valence-electron chi connectivity index (χ2n) is 4.52. The van der Waals surface area contributed by atoms with E-state index in [2.05, 4.69) is 5.32 Å². The smallest absolute Gasteiger partial charge is 0.244 e. The van der Waals surface area contributed by atoms with Crippen molar-refractivity contribution in [3.05, 3.63) is 29.8 Å². The molecule has 0 bridgehead atoms. The van der Waals surface area contributed by atoms with Gasteiger partial charge in [0.1, 0.15) is 13.2 Å². The molecule has 94 valence electrons. The van der Waals surface area contributed by atoms with Crippen LogP contribution in [-0.4, -0.2) is 25.2 Å². The van der Waals surface area contributed by atoms with Crippen LogP contribution in [0.2, 0.25) is 0 Å².